The summed E-state index contributed by atoms with van der Waals surface area (Å²) in [7, 11) is 0. The van der Waals surface area contributed by atoms with Crippen LogP contribution >= 0.6 is 0 Å². The van der Waals surface area contributed by atoms with E-state index in [0.717, 1.165) is 12.1 Å². The van der Waals surface area contributed by atoms with Crippen LogP contribution in [0, 0.1) is 0 Å². The fourth-order valence-electron chi connectivity index (χ4n) is 1.84. The Bertz CT molecular complexity index is 459. The molecule has 0 unspecified atom stereocenters. The monoisotopic (exact) mass is 242 g/mol. The molecule has 0 atom stereocenters. The van der Waals surface area contributed by atoms with Gasteiger partial charge in [-0.25, -0.2) is 0 Å². The highest BCUT2D eigenvalue weighted by atomic mass is 19.4. The van der Waals surface area contributed by atoms with Crippen molar-refractivity contribution in [1.82, 2.24) is 4.98 Å². The summed E-state index contributed by atoms with van der Waals surface area (Å²) in [6.45, 7) is 0. The fraction of sp³-hybridized carbons (Fsp3) is 0.500. The largest absolute Gasteiger partial charge is 0.416 e. The summed E-state index contributed by atoms with van der Waals surface area (Å²) in [6.07, 6.45) is -2.04. The Kier molecular flexibility index (Phi) is 2.93. The molecule has 0 bridgehead atoms. The van der Waals surface area contributed by atoms with Crippen LogP contribution in [0.15, 0.2) is 23.4 Å². The zero-order valence-electron chi connectivity index (χ0n) is 8.72. The lowest BCUT2D eigenvalue weighted by Gasteiger charge is -2.31. The van der Waals surface area contributed by atoms with Gasteiger partial charge in [0.2, 0.25) is 0 Å². The number of hydrogen-bond acceptors (Lipinski definition) is 2. The predicted molar refractivity (Wildman–Crippen MR) is 54.1 cm³/mol. The lowest BCUT2D eigenvalue weighted by Crippen LogP contribution is -2.25. The van der Waals surface area contributed by atoms with Crippen molar-refractivity contribution in [1.29, 1.82) is 0 Å². The lowest BCUT2D eigenvalue weighted by molar-refractivity contribution is -0.137. The Morgan fingerprint density at radius 2 is 2.12 bits per heavy atom. The maximum atomic E-state index is 12.5. The minimum atomic E-state index is -4.34. The normalized spacial score (nSPS) is 23.7. The molecule has 17 heavy (non-hydrogen) atoms. The SMILES string of the molecule is [N-]=[N+]=NC1CC(c2cc(C(F)(F)F)ccn2)C1. The molecule has 0 saturated heterocycles. The minimum absolute atomic E-state index is 0.0344. The predicted octanol–water partition coefficient (Wildman–Crippen LogP) is 3.66. The molecule has 0 aromatic carbocycles. The van der Waals surface area contributed by atoms with Crippen molar-refractivity contribution in [2.75, 3.05) is 0 Å². The summed E-state index contributed by atoms with van der Waals surface area (Å²) < 4.78 is 37.4. The molecule has 4 nitrogen and oxygen atoms in total. The van der Waals surface area contributed by atoms with E-state index in [-0.39, 0.29) is 12.0 Å². The summed E-state index contributed by atoms with van der Waals surface area (Å²) in [6, 6.07) is 1.91. The van der Waals surface area contributed by atoms with Gasteiger partial charge in [-0.05, 0) is 30.5 Å². The van der Waals surface area contributed by atoms with Crippen molar-refractivity contribution in [3.63, 3.8) is 0 Å². The van der Waals surface area contributed by atoms with Gasteiger partial charge in [-0.15, -0.1) is 0 Å². The van der Waals surface area contributed by atoms with E-state index >= 15 is 0 Å². The summed E-state index contributed by atoms with van der Waals surface area (Å²) in [5.74, 6) is -0.0344. The number of hydrogen-bond donors (Lipinski definition) is 0. The fourth-order valence-corrected chi connectivity index (χ4v) is 1.84. The molecule has 1 aromatic rings. The molecule has 1 heterocycles. The van der Waals surface area contributed by atoms with E-state index in [9.17, 15) is 13.2 Å². The highest BCUT2D eigenvalue weighted by Gasteiger charge is 2.34. The van der Waals surface area contributed by atoms with Crippen LogP contribution in [0.1, 0.15) is 30.0 Å². The Hall–Kier alpha value is -1.75. The second kappa shape index (κ2) is 4.25. The molecule has 0 N–H and O–H groups in total. The Morgan fingerprint density at radius 3 is 2.71 bits per heavy atom. The summed E-state index contributed by atoms with van der Waals surface area (Å²) in [5.41, 5.74) is 7.94. The first-order valence-electron chi connectivity index (χ1n) is 5.08. The Balaban J connectivity index is 2.11. The second-order valence-electron chi connectivity index (χ2n) is 3.99. The van der Waals surface area contributed by atoms with Crippen LogP contribution in [-0.2, 0) is 6.18 Å². The van der Waals surface area contributed by atoms with Gasteiger partial charge in [0, 0.05) is 28.8 Å². The molecule has 2 rings (SSSR count). The molecule has 0 aliphatic heterocycles. The van der Waals surface area contributed by atoms with E-state index in [1.54, 1.807) is 0 Å². The molecule has 1 aliphatic rings. The van der Waals surface area contributed by atoms with Gasteiger partial charge in [-0.2, -0.15) is 13.2 Å². The summed E-state index contributed by atoms with van der Waals surface area (Å²) >= 11 is 0. The van der Waals surface area contributed by atoms with E-state index in [2.05, 4.69) is 15.0 Å². The molecule has 0 amide bonds. The van der Waals surface area contributed by atoms with E-state index in [0.29, 0.717) is 18.5 Å². The molecular formula is C10H9F3N4. The van der Waals surface area contributed by atoms with Crippen molar-refractivity contribution < 1.29 is 13.2 Å². The first-order valence-corrected chi connectivity index (χ1v) is 5.08. The average Bonchev–Trinajstić information content (AvgIpc) is 2.22. The van der Waals surface area contributed by atoms with Crippen molar-refractivity contribution in [2.24, 2.45) is 5.11 Å². The van der Waals surface area contributed by atoms with Gasteiger partial charge in [0.1, 0.15) is 0 Å². The van der Waals surface area contributed by atoms with E-state index in [1.807, 2.05) is 0 Å². The quantitative estimate of drug-likeness (QED) is 0.443. The number of halogens is 3. The molecule has 1 aromatic heterocycles. The van der Waals surface area contributed by atoms with Crippen LogP contribution < -0.4 is 0 Å². The molecular weight excluding hydrogens is 233 g/mol. The highest BCUT2D eigenvalue weighted by molar-refractivity contribution is 5.23. The van der Waals surface area contributed by atoms with Crippen LogP contribution in [0.25, 0.3) is 10.4 Å². The smallest absolute Gasteiger partial charge is 0.261 e. The second-order valence-corrected chi connectivity index (χ2v) is 3.99. The molecule has 1 saturated carbocycles. The maximum absolute atomic E-state index is 12.5. The van der Waals surface area contributed by atoms with Crippen LogP contribution in [0.3, 0.4) is 0 Å². The van der Waals surface area contributed by atoms with Crippen LogP contribution in [0.5, 0.6) is 0 Å². The van der Waals surface area contributed by atoms with Crippen LogP contribution in [0.2, 0.25) is 0 Å². The molecule has 7 heteroatoms. The topological polar surface area (TPSA) is 61.7 Å². The molecule has 0 radical (unpaired) electrons. The van der Waals surface area contributed by atoms with Gasteiger partial charge in [0.15, 0.2) is 0 Å². The molecule has 0 spiro atoms. The zero-order valence-corrected chi connectivity index (χ0v) is 8.72. The number of nitrogens with zero attached hydrogens (tertiary/aromatic N) is 4. The standard InChI is InChI=1S/C10H9F3N4/c11-10(12,13)7-1-2-15-9(5-7)6-3-8(4-6)16-17-14/h1-2,5-6,8H,3-4H2. The summed E-state index contributed by atoms with van der Waals surface area (Å²) in [5, 5.41) is 3.51. The average molecular weight is 242 g/mol. The van der Waals surface area contributed by atoms with Gasteiger partial charge in [-0.1, -0.05) is 5.11 Å². The molecule has 1 aliphatic carbocycles. The highest BCUT2D eigenvalue weighted by Crippen LogP contribution is 2.39. The first-order chi connectivity index (χ1) is 8.00. The van der Waals surface area contributed by atoms with E-state index < -0.39 is 11.7 Å². The van der Waals surface area contributed by atoms with Crippen LogP contribution in [0.4, 0.5) is 13.2 Å². The van der Waals surface area contributed by atoms with Gasteiger partial charge in [0.25, 0.3) is 0 Å². The van der Waals surface area contributed by atoms with Crippen molar-refractivity contribution in [3.05, 3.63) is 40.0 Å². The van der Waals surface area contributed by atoms with Crippen molar-refractivity contribution >= 4 is 0 Å². The molecule has 90 valence electrons. The third-order valence-corrected chi connectivity index (χ3v) is 2.85. The number of azide groups is 1. The minimum Gasteiger partial charge on any atom is -0.261 e. The van der Waals surface area contributed by atoms with Crippen molar-refractivity contribution in [2.45, 2.75) is 31.0 Å². The third-order valence-electron chi connectivity index (χ3n) is 2.85. The van der Waals surface area contributed by atoms with Gasteiger partial charge < -0.3 is 0 Å². The molecule has 1 fully saturated rings. The number of pyridine rings is 1. The van der Waals surface area contributed by atoms with E-state index in [4.69, 9.17) is 5.53 Å². The maximum Gasteiger partial charge on any atom is 0.416 e. The first kappa shape index (κ1) is 11.7. The number of alkyl halides is 3. The van der Waals surface area contributed by atoms with Gasteiger partial charge in [0.05, 0.1) is 5.56 Å². The lowest BCUT2D eigenvalue weighted by atomic mass is 9.78. The van der Waals surface area contributed by atoms with E-state index in [1.165, 1.54) is 6.20 Å². The number of rotatable bonds is 2. The van der Waals surface area contributed by atoms with Crippen molar-refractivity contribution in [3.8, 4) is 0 Å². The Morgan fingerprint density at radius 1 is 1.41 bits per heavy atom. The zero-order chi connectivity index (χ0) is 12.5. The number of aromatic nitrogens is 1. The van der Waals surface area contributed by atoms with Gasteiger partial charge >= 0.3 is 6.18 Å². The summed E-state index contributed by atoms with van der Waals surface area (Å²) in [4.78, 5) is 6.60. The Labute approximate surface area is 95.1 Å². The van der Waals surface area contributed by atoms with Gasteiger partial charge in [-0.3, -0.25) is 4.98 Å². The van der Waals surface area contributed by atoms with Crippen LogP contribution in [-0.4, -0.2) is 11.0 Å². The third kappa shape index (κ3) is 2.50.